The van der Waals surface area contributed by atoms with Crippen LogP contribution in [0, 0.1) is 6.92 Å². The van der Waals surface area contributed by atoms with Gasteiger partial charge in [0.15, 0.2) is 0 Å². The molecule has 0 radical (unpaired) electrons. The summed E-state index contributed by atoms with van der Waals surface area (Å²) in [5, 5.41) is 0.758. The Bertz CT molecular complexity index is 782. The number of rotatable bonds is 4. The summed E-state index contributed by atoms with van der Waals surface area (Å²) in [6, 6.07) is 7.76. The lowest BCUT2D eigenvalue weighted by atomic mass is 10.1. The lowest BCUT2D eigenvalue weighted by molar-refractivity contribution is 0.0530. The Morgan fingerprint density at radius 1 is 1.32 bits per heavy atom. The van der Waals surface area contributed by atoms with Crippen molar-refractivity contribution < 1.29 is 14.3 Å². The highest BCUT2D eigenvalue weighted by Gasteiger charge is 2.26. The van der Waals surface area contributed by atoms with Gasteiger partial charge < -0.3 is 9.64 Å². The fourth-order valence-corrected chi connectivity index (χ4v) is 4.03. The second kappa shape index (κ2) is 7.35. The van der Waals surface area contributed by atoms with Gasteiger partial charge in [-0.2, -0.15) is 0 Å². The Labute approximate surface area is 151 Å². The molecule has 0 bridgehead atoms. The molecule has 5 nitrogen and oxygen atoms in total. The minimum absolute atomic E-state index is 0.0825. The molecule has 132 valence electrons. The number of carbonyl (C=O) groups is 2. The molecule has 0 unspecified atom stereocenters. The number of aryl methyl sites for hydroxylation is 1. The van der Waals surface area contributed by atoms with Gasteiger partial charge in [0.25, 0.3) is 5.91 Å². The van der Waals surface area contributed by atoms with Crippen molar-refractivity contribution >= 4 is 23.2 Å². The van der Waals surface area contributed by atoms with Gasteiger partial charge in [-0.15, -0.1) is 11.3 Å². The van der Waals surface area contributed by atoms with Crippen LogP contribution in [-0.4, -0.2) is 41.0 Å². The number of carbonyl (C=O) groups excluding carboxylic acids is 2. The van der Waals surface area contributed by atoms with Crippen LogP contribution in [0.5, 0.6) is 0 Å². The molecule has 2 aromatic rings. The number of aromatic nitrogens is 1. The summed E-state index contributed by atoms with van der Waals surface area (Å²) in [7, 11) is 0. The number of esters is 1. The number of amides is 1. The van der Waals surface area contributed by atoms with E-state index in [0.29, 0.717) is 28.8 Å². The van der Waals surface area contributed by atoms with E-state index in [2.05, 4.69) is 11.9 Å². The van der Waals surface area contributed by atoms with Crippen molar-refractivity contribution in [1.82, 2.24) is 9.88 Å². The molecule has 1 aromatic heterocycles. The van der Waals surface area contributed by atoms with E-state index in [9.17, 15) is 9.59 Å². The second-order valence-electron chi connectivity index (χ2n) is 6.22. The maximum atomic E-state index is 12.6. The standard InChI is InChI=1S/C19H22N2O3S/c1-4-24-19(23)16-13(3)20-17(25-16)14-7-9-15(10-8-14)18(22)21-11-5-6-12(21)2/h7-10,12H,4-6,11H2,1-3H3/t12-/m1/s1. The first kappa shape index (κ1) is 17.6. The van der Waals surface area contributed by atoms with Crippen molar-refractivity contribution in [2.24, 2.45) is 0 Å². The molecule has 2 heterocycles. The van der Waals surface area contributed by atoms with E-state index in [4.69, 9.17) is 4.74 Å². The van der Waals surface area contributed by atoms with E-state index in [1.807, 2.05) is 29.2 Å². The number of ether oxygens (including phenoxy) is 1. The highest BCUT2D eigenvalue weighted by Crippen LogP contribution is 2.29. The van der Waals surface area contributed by atoms with Gasteiger partial charge in [0.05, 0.1) is 12.3 Å². The molecule has 1 atom stereocenters. The lowest BCUT2D eigenvalue weighted by Crippen LogP contribution is -2.33. The summed E-state index contributed by atoms with van der Waals surface area (Å²) in [5.74, 6) is -0.252. The summed E-state index contributed by atoms with van der Waals surface area (Å²) in [5.41, 5.74) is 2.26. The van der Waals surface area contributed by atoms with Crippen molar-refractivity contribution in [2.75, 3.05) is 13.2 Å². The molecule has 0 N–H and O–H groups in total. The van der Waals surface area contributed by atoms with Gasteiger partial charge in [0, 0.05) is 23.7 Å². The summed E-state index contributed by atoms with van der Waals surface area (Å²) < 4.78 is 5.06. The van der Waals surface area contributed by atoms with E-state index < -0.39 is 0 Å². The van der Waals surface area contributed by atoms with Gasteiger partial charge in [0.1, 0.15) is 9.88 Å². The molecule has 1 aliphatic rings. The average molecular weight is 358 g/mol. The van der Waals surface area contributed by atoms with Gasteiger partial charge in [-0.3, -0.25) is 4.79 Å². The average Bonchev–Trinajstić information content (AvgIpc) is 3.20. The van der Waals surface area contributed by atoms with Crippen molar-refractivity contribution in [1.29, 1.82) is 0 Å². The lowest BCUT2D eigenvalue weighted by Gasteiger charge is -2.21. The predicted octanol–water partition coefficient (Wildman–Crippen LogP) is 3.92. The van der Waals surface area contributed by atoms with Gasteiger partial charge in [-0.1, -0.05) is 12.1 Å². The van der Waals surface area contributed by atoms with Crippen molar-refractivity contribution in [3.8, 4) is 10.6 Å². The van der Waals surface area contributed by atoms with Crippen molar-refractivity contribution in [2.45, 2.75) is 39.7 Å². The molecule has 0 spiro atoms. The monoisotopic (exact) mass is 358 g/mol. The zero-order valence-corrected chi connectivity index (χ0v) is 15.6. The SMILES string of the molecule is CCOC(=O)c1sc(-c2ccc(C(=O)N3CCC[C@H]3C)cc2)nc1C. The zero-order valence-electron chi connectivity index (χ0n) is 14.7. The van der Waals surface area contributed by atoms with Crippen LogP contribution in [0.15, 0.2) is 24.3 Å². The zero-order chi connectivity index (χ0) is 18.0. The quantitative estimate of drug-likeness (QED) is 0.777. The molecule has 1 aromatic carbocycles. The molecule has 25 heavy (non-hydrogen) atoms. The molecular formula is C19H22N2O3S. The van der Waals surface area contributed by atoms with E-state index in [1.165, 1.54) is 11.3 Å². The minimum Gasteiger partial charge on any atom is -0.462 e. The Balaban J connectivity index is 1.80. The van der Waals surface area contributed by atoms with Crippen molar-refractivity contribution in [3.63, 3.8) is 0 Å². The smallest absolute Gasteiger partial charge is 0.350 e. The maximum absolute atomic E-state index is 12.6. The van der Waals surface area contributed by atoms with E-state index in [-0.39, 0.29) is 11.9 Å². The third kappa shape index (κ3) is 3.58. The van der Waals surface area contributed by atoms with Crippen LogP contribution < -0.4 is 0 Å². The van der Waals surface area contributed by atoms with Crippen LogP contribution in [0.1, 0.15) is 52.4 Å². The number of hydrogen-bond acceptors (Lipinski definition) is 5. The van der Waals surface area contributed by atoms with Crippen molar-refractivity contribution in [3.05, 3.63) is 40.4 Å². The van der Waals surface area contributed by atoms with Crippen LogP contribution in [0.2, 0.25) is 0 Å². The Kier molecular flexibility index (Phi) is 5.18. The topological polar surface area (TPSA) is 59.5 Å². The molecule has 1 fully saturated rings. The summed E-state index contributed by atoms with van der Waals surface area (Å²) in [4.78, 5) is 31.4. The summed E-state index contributed by atoms with van der Waals surface area (Å²) >= 11 is 1.32. The maximum Gasteiger partial charge on any atom is 0.350 e. The first-order valence-corrected chi connectivity index (χ1v) is 9.39. The number of thiazole rings is 1. The number of hydrogen-bond donors (Lipinski definition) is 0. The van der Waals surface area contributed by atoms with E-state index in [1.54, 1.807) is 13.8 Å². The molecule has 1 saturated heterocycles. The predicted molar refractivity (Wildman–Crippen MR) is 98.0 cm³/mol. The second-order valence-corrected chi connectivity index (χ2v) is 7.22. The van der Waals surface area contributed by atoms with Gasteiger partial charge in [-0.25, -0.2) is 9.78 Å². The summed E-state index contributed by atoms with van der Waals surface area (Å²) in [6.07, 6.45) is 2.14. The van der Waals surface area contributed by atoms with Crippen LogP contribution in [0.3, 0.4) is 0 Å². The first-order chi connectivity index (χ1) is 12.0. The van der Waals surface area contributed by atoms with Gasteiger partial charge in [0.2, 0.25) is 0 Å². The van der Waals surface area contributed by atoms with Gasteiger partial charge >= 0.3 is 5.97 Å². The number of benzene rings is 1. The van der Waals surface area contributed by atoms with Crippen LogP contribution in [0.25, 0.3) is 10.6 Å². The molecule has 0 aliphatic carbocycles. The summed E-state index contributed by atoms with van der Waals surface area (Å²) in [6.45, 7) is 6.85. The molecule has 1 amide bonds. The molecule has 1 aliphatic heterocycles. The van der Waals surface area contributed by atoms with E-state index >= 15 is 0 Å². The Morgan fingerprint density at radius 2 is 2.04 bits per heavy atom. The minimum atomic E-state index is -0.335. The fraction of sp³-hybridized carbons (Fsp3) is 0.421. The molecular weight excluding hydrogens is 336 g/mol. The highest BCUT2D eigenvalue weighted by molar-refractivity contribution is 7.17. The van der Waals surface area contributed by atoms with Gasteiger partial charge in [-0.05, 0) is 45.7 Å². The number of nitrogens with zero attached hydrogens (tertiary/aromatic N) is 2. The Hall–Kier alpha value is -2.21. The largest absolute Gasteiger partial charge is 0.462 e. The first-order valence-electron chi connectivity index (χ1n) is 8.57. The highest BCUT2D eigenvalue weighted by atomic mass is 32.1. The van der Waals surface area contributed by atoms with Crippen LogP contribution in [0.4, 0.5) is 0 Å². The molecule has 0 saturated carbocycles. The normalized spacial score (nSPS) is 16.9. The molecule has 3 rings (SSSR count). The third-order valence-electron chi connectivity index (χ3n) is 4.45. The fourth-order valence-electron chi connectivity index (χ4n) is 3.06. The third-order valence-corrected chi connectivity index (χ3v) is 5.64. The number of likely N-dealkylation sites (tertiary alicyclic amines) is 1. The Morgan fingerprint density at radius 3 is 2.64 bits per heavy atom. The van der Waals surface area contributed by atoms with Crippen LogP contribution >= 0.6 is 11.3 Å². The van der Waals surface area contributed by atoms with Crippen LogP contribution in [-0.2, 0) is 4.74 Å². The molecule has 6 heteroatoms. The van der Waals surface area contributed by atoms with E-state index in [0.717, 1.165) is 30.0 Å².